The zero-order chi connectivity index (χ0) is 26.6. The summed E-state index contributed by atoms with van der Waals surface area (Å²) >= 11 is 0. The molecule has 1 amide bonds. The van der Waals surface area contributed by atoms with E-state index in [-0.39, 0.29) is 11.7 Å². The second kappa shape index (κ2) is 10.9. The molecule has 192 valence electrons. The van der Waals surface area contributed by atoms with Crippen LogP contribution in [0.2, 0.25) is 0 Å². The number of benzene rings is 4. The Balaban J connectivity index is 1.30. The van der Waals surface area contributed by atoms with Crippen LogP contribution in [-0.2, 0) is 19.5 Å². The molecule has 5 nitrogen and oxygen atoms in total. The number of carbonyl (C=O) groups excluding carboxylic acids is 1. The SMILES string of the molecule is Cc1cc(-c2ccccc2C(=O)O)ccc1CN1CCCc2cc(C(=O)NCc3ccc(F)cc3)ccc21. The predicted molar refractivity (Wildman–Crippen MR) is 147 cm³/mol. The molecular formula is C32H29FN2O3. The summed E-state index contributed by atoms with van der Waals surface area (Å²) in [5, 5.41) is 12.5. The van der Waals surface area contributed by atoms with Crippen LogP contribution in [0.15, 0.2) is 84.9 Å². The van der Waals surface area contributed by atoms with Crippen LogP contribution in [0.3, 0.4) is 0 Å². The minimum Gasteiger partial charge on any atom is -0.478 e. The lowest BCUT2D eigenvalue weighted by Gasteiger charge is -2.32. The molecule has 0 unspecified atom stereocenters. The molecule has 0 aliphatic carbocycles. The Morgan fingerprint density at radius 1 is 0.974 bits per heavy atom. The van der Waals surface area contributed by atoms with E-state index in [1.165, 1.54) is 17.7 Å². The third kappa shape index (κ3) is 5.44. The van der Waals surface area contributed by atoms with Crippen molar-refractivity contribution in [3.05, 3.63) is 124 Å². The number of carbonyl (C=O) groups is 2. The number of amides is 1. The normalized spacial score (nSPS) is 12.6. The van der Waals surface area contributed by atoms with E-state index < -0.39 is 5.97 Å². The van der Waals surface area contributed by atoms with Crippen LogP contribution in [0.5, 0.6) is 0 Å². The quantitative estimate of drug-likeness (QED) is 0.304. The molecule has 0 spiro atoms. The number of nitrogens with one attached hydrogen (secondary N) is 1. The fourth-order valence-electron chi connectivity index (χ4n) is 5.03. The van der Waals surface area contributed by atoms with Crippen molar-refractivity contribution in [2.24, 2.45) is 0 Å². The molecule has 0 bridgehead atoms. The van der Waals surface area contributed by atoms with Gasteiger partial charge in [-0.3, -0.25) is 4.79 Å². The highest BCUT2D eigenvalue weighted by Gasteiger charge is 2.20. The van der Waals surface area contributed by atoms with E-state index in [2.05, 4.69) is 29.3 Å². The Morgan fingerprint density at radius 2 is 1.76 bits per heavy atom. The molecular weight excluding hydrogens is 479 g/mol. The van der Waals surface area contributed by atoms with E-state index in [0.29, 0.717) is 23.2 Å². The first kappa shape index (κ1) is 25.2. The summed E-state index contributed by atoms with van der Waals surface area (Å²) < 4.78 is 13.1. The lowest BCUT2D eigenvalue weighted by molar-refractivity contribution is 0.0697. The lowest BCUT2D eigenvalue weighted by atomic mass is 9.95. The molecule has 0 saturated carbocycles. The Labute approximate surface area is 221 Å². The molecule has 0 radical (unpaired) electrons. The number of rotatable bonds is 7. The largest absolute Gasteiger partial charge is 0.478 e. The van der Waals surface area contributed by atoms with E-state index in [1.54, 1.807) is 24.3 Å². The molecule has 38 heavy (non-hydrogen) atoms. The zero-order valence-corrected chi connectivity index (χ0v) is 21.2. The standard InChI is InChI=1S/C32H29FN2O3/c1-21-17-23(28-6-2-3-7-29(28)32(37)38)10-11-26(21)20-35-16-4-5-24-18-25(12-15-30(24)35)31(36)34-19-22-8-13-27(33)14-9-22/h2-3,6-15,17-18H,4-5,16,19-20H2,1H3,(H,34,36)(H,37,38). The summed E-state index contributed by atoms with van der Waals surface area (Å²) in [5.74, 6) is -1.38. The first-order valence-electron chi connectivity index (χ1n) is 12.7. The van der Waals surface area contributed by atoms with Gasteiger partial charge >= 0.3 is 5.97 Å². The van der Waals surface area contributed by atoms with Gasteiger partial charge in [-0.15, -0.1) is 0 Å². The first-order valence-corrected chi connectivity index (χ1v) is 12.7. The van der Waals surface area contributed by atoms with Crippen LogP contribution >= 0.6 is 0 Å². The number of halogens is 1. The number of aromatic carboxylic acids is 1. The van der Waals surface area contributed by atoms with Crippen LogP contribution in [0.25, 0.3) is 11.1 Å². The van der Waals surface area contributed by atoms with Crippen molar-refractivity contribution >= 4 is 17.6 Å². The van der Waals surface area contributed by atoms with Crippen LogP contribution in [0.4, 0.5) is 10.1 Å². The van der Waals surface area contributed by atoms with Crippen molar-refractivity contribution in [3.63, 3.8) is 0 Å². The van der Waals surface area contributed by atoms with Gasteiger partial charge in [0, 0.05) is 30.9 Å². The van der Waals surface area contributed by atoms with Gasteiger partial charge < -0.3 is 15.3 Å². The maximum atomic E-state index is 13.1. The minimum atomic E-state index is -0.934. The Bertz CT molecular complexity index is 1500. The van der Waals surface area contributed by atoms with Gasteiger partial charge in [-0.25, -0.2) is 9.18 Å². The molecule has 0 aromatic heterocycles. The maximum Gasteiger partial charge on any atom is 0.336 e. The minimum absolute atomic E-state index is 0.151. The van der Waals surface area contributed by atoms with E-state index in [9.17, 15) is 19.1 Å². The number of carboxylic acid groups (broad SMARTS) is 1. The highest BCUT2D eigenvalue weighted by Crippen LogP contribution is 2.31. The van der Waals surface area contributed by atoms with Crippen LogP contribution in [0, 0.1) is 12.7 Å². The molecule has 4 aromatic rings. The molecule has 0 fully saturated rings. The second-order valence-electron chi connectivity index (χ2n) is 9.67. The smallest absolute Gasteiger partial charge is 0.336 e. The summed E-state index contributed by atoms with van der Waals surface area (Å²) in [6.45, 7) is 4.05. The predicted octanol–water partition coefficient (Wildman–Crippen LogP) is 6.38. The topological polar surface area (TPSA) is 69.6 Å². The Kier molecular flexibility index (Phi) is 7.22. The summed E-state index contributed by atoms with van der Waals surface area (Å²) in [5.41, 5.74) is 7.91. The van der Waals surface area contributed by atoms with Crippen molar-refractivity contribution in [1.29, 1.82) is 0 Å². The number of nitrogens with zero attached hydrogens (tertiary/aromatic N) is 1. The molecule has 5 rings (SSSR count). The van der Waals surface area contributed by atoms with E-state index in [0.717, 1.165) is 53.9 Å². The highest BCUT2D eigenvalue weighted by molar-refractivity contribution is 5.96. The van der Waals surface area contributed by atoms with Crippen molar-refractivity contribution in [2.45, 2.75) is 32.9 Å². The van der Waals surface area contributed by atoms with Gasteiger partial charge in [-0.1, -0.05) is 48.5 Å². The molecule has 0 atom stereocenters. The Morgan fingerprint density at radius 3 is 2.53 bits per heavy atom. The number of anilines is 1. The monoisotopic (exact) mass is 508 g/mol. The van der Waals surface area contributed by atoms with Crippen LogP contribution in [-0.4, -0.2) is 23.5 Å². The fraction of sp³-hybridized carbons (Fsp3) is 0.188. The molecule has 1 aliphatic rings. The first-order chi connectivity index (χ1) is 18.4. The number of carboxylic acids is 1. The van der Waals surface area contributed by atoms with Gasteiger partial charge in [0.1, 0.15) is 5.82 Å². The van der Waals surface area contributed by atoms with Gasteiger partial charge in [0.15, 0.2) is 0 Å². The fourth-order valence-corrected chi connectivity index (χ4v) is 5.03. The summed E-state index contributed by atoms with van der Waals surface area (Å²) in [4.78, 5) is 26.8. The van der Waals surface area contributed by atoms with Crippen LogP contribution in [0.1, 0.15) is 49.4 Å². The van der Waals surface area contributed by atoms with Crippen molar-refractivity contribution in [2.75, 3.05) is 11.4 Å². The summed E-state index contributed by atoms with van der Waals surface area (Å²) in [6, 6.07) is 25.1. The van der Waals surface area contributed by atoms with Gasteiger partial charge in [-0.05, 0) is 89.5 Å². The molecule has 6 heteroatoms. The number of hydrogen-bond donors (Lipinski definition) is 2. The highest BCUT2D eigenvalue weighted by atomic mass is 19.1. The van der Waals surface area contributed by atoms with Gasteiger partial charge in [0.2, 0.25) is 0 Å². The average Bonchev–Trinajstić information content (AvgIpc) is 2.93. The van der Waals surface area contributed by atoms with E-state index >= 15 is 0 Å². The third-order valence-electron chi connectivity index (χ3n) is 7.10. The van der Waals surface area contributed by atoms with Gasteiger partial charge in [-0.2, -0.15) is 0 Å². The Hall–Kier alpha value is -4.45. The van der Waals surface area contributed by atoms with Gasteiger partial charge in [0.25, 0.3) is 5.91 Å². The zero-order valence-electron chi connectivity index (χ0n) is 21.2. The number of aryl methyl sites for hydroxylation is 2. The third-order valence-corrected chi connectivity index (χ3v) is 7.10. The maximum absolute atomic E-state index is 13.1. The van der Waals surface area contributed by atoms with Crippen molar-refractivity contribution in [1.82, 2.24) is 5.32 Å². The van der Waals surface area contributed by atoms with Gasteiger partial charge in [0.05, 0.1) is 5.56 Å². The summed E-state index contributed by atoms with van der Waals surface area (Å²) in [7, 11) is 0. The molecule has 4 aromatic carbocycles. The van der Waals surface area contributed by atoms with E-state index in [4.69, 9.17) is 0 Å². The number of hydrogen-bond acceptors (Lipinski definition) is 3. The van der Waals surface area contributed by atoms with Crippen molar-refractivity contribution < 1.29 is 19.1 Å². The van der Waals surface area contributed by atoms with Crippen molar-refractivity contribution in [3.8, 4) is 11.1 Å². The average molecular weight is 509 g/mol. The lowest BCUT2D eigenvalue weighted by Crippen LogP contribution is -2.30. The molecule has 2 N–H and O–H groups in total. The van der Waals surface area contributed by atoms with Crippen LogP contribution < -0.4 is 10.2 Å². The summed E-state index contributed by atoms with van der Waals surface area (Å²) in [6.07, 6.45) is 1.91. The second-order valence-corrected chi connectivity index (χ2v) is 9.67. The van der Waals surface area contributed by atoms with E-state index in [1.807, 2.05) is 36.4 Å². The molecule has 1 aliphatic heterocycles. The number of fused-ring (bicyclic) bond motifs is 1. The molecule has 0 saturated heterocycles. The molecule has 1 heterocycles.